The molecule has 0 spiro atoms. The third-order valence-electron chi connectivity index (χ3n) is 1.34. The minimum absolute atomic E-state index is 0.161. The lowest BCUT2D eigenvalue weighted by molar-refractivity contribution is -0.487. The second kappa shape index (κ2) is 2.64. The fourth-order valence-electron chi connectivity index (χ4n) is 0.892. The second-order valence-corrected chi connectivity index (χ2v) is 2.27. The topological polar surface area (TPSA) is 69.4 Å². The van der Waals surface area contributed by atoms with Crippen LogP contribution in [-0.4, -0.2) is 24.0 Å². The van der Waals surface area contributed by atoms with E-state index in [1.807, 2.05) is 0 Å². The Morgan fingerprint density at radius 3 is 2.90 bits per heavy atom. The van der Waals surface area contributed by atoms with E-state index >= 15 is 0 Å². The summed E-state index contributed by atoms with van der Waals surface area (Å²) in [5.74, 6) is -0.533. The molecule has 1 fully saturated rings. The summed E-state index contributed by atoms with van der Waals surface area (Å²) in [6, 6.07) is 0. The SMILES string of the molecule is O=C1CC(C[N+](=O)[O-])CO1. The molecule has 1 aliphatic rings. The van der Waals surface area contributed by atoms with Gasteiger partial charge in [-0.3, -0.25) is 14.9 Å². The van der Waals surface area contributed by atoms with Crippen molar-refractivity contribution in [3.8, 4) is 0 Å². The highest BCUT2D eigenvalue weighted by molar-refractivity contribution is 5.71. The Morgan fingerprint density at radius 2 is 2.50 bits per heavy atom. The molecule has 0 aromatic carbocycles. The second-order valence-electron chi connectivity index (χ2n) is 2.27. The van der Waals surface area contributed by atoms with E-state index in [0.29, 0.717) is 0 Å². The number of esters is 1. The predicted octanol–water partition coefficient (Wildman–Crippen LogP) is -0.174. The van der Waals surface area contributed by atoms with E-state index in [9.17, 15) is 14.9 Å². The molecular formula is C5H7NO4. The fourth-order valence-corrected chi connectivity index (χ4v) is 0.892. The monoisotopic (exact) mass is 145 g/mol. The normalized spacial score (nSPS) is 24.4. The maximum absolute atomic E-state index is 10.4. The molecule has 1 aliphatic heterocycles. The number of rotatable bonds is 2. The van der Waals surface area contributed by atoms with Crippen LogP contribution in [0.5, 0.6) is 0 Å². The minimum Gasteiger partial charge on any atom is -0.465 e. The van der Waals surface area contributed by atoms with Crippen molar-refractivity contribution >= 4 is 5.97 Å². The van der Waals surface area contributed by atoms with Crippen LogP contribution in [0.25, 0.3) is 0 Å². The van der Waals surface area contributed by atoms with Crippen LogP contribution >= 0.6 is 0 Å². The Bertz CT molecular complexity index is 167. The number of carbonyl (C=O) groups excluding carboxylic acids is 1. The van der Waals surface area contributed by atoms with E-state index in [-0.39, 0.29) is 31.5 Å². The predicted molar refractivity (Wildman–Crippen MR) is 30.9 cm³/mol. The van der Waals surface area contributed by atoms with E-state index in [4.69, 9.17) is 0 Å². The molecule has 0 aromatic heterocycles. The van der Waals surface area contributed by atoms with Crippen molar-refractivity contribution in [2.75, 3.05) is 13.2 Å². The Balaban J connectivity index is 2.31. The number of hydrogen-bond donors (Lipinski definition) is 0. The maximum atomic E-state index is 10.4. The van der Waals surface area contributed by atoms with E-state index in [0.717, 1.165) is 0 Å². The van der Waals surface area contributed by atoms with Gasteiger partial charge in [-0.15, -0.1) is 0 Å². The largest absolute Gasteiger partial charge is 0.465 e. The molecule has 0 bridgehead atoms. The van der Waals surface area contributed by atoms with Gasteiger partial charge in [-0.2, -0.15) is 0 Å². The molecule has 5 heteroatoms. The minimum atomic E-state index is -0.424. The summed E-state index contributed by atoms with van der Waals surface area (Å²) in [6.07, 6.45) is 0.195. The number of ether oxygens (including phenoxy) is 1. The third-order valence-corrected chi connectivity index (χ3v) is 1.34. The summed E-state index contributed by atoms with van der Waals surface area (Å²) < 4.78 is 4.52. The first kappa shape index (κ1) is 6.98. The molecule has 0 saturated carbocycles. The molecule has 1 saturated heterocycles. The molecule has 1 unspecified atom stereocenters. The van der Waals surface area contributed by atoms with Gasteiger partial charge in [0.2, 0.25) is 6.54 Å². The summed E-state index contributed by atoms with van der Waals surface area (Å²) in [5, 5.41) is 9.90. The molecule has 0 aromatic rings. The molecule has 5 nitrogen and oxygen atoms in total. The van der Waals surface area contributed by atoms with Crippen molar-refractivity contribution < 1.29 is 14.5 Å². The molecule has 10 heavy (non-hydrogen) atoms. The lowest BCUT2D eigenvalue weighted by atomic mass is 10.1. The summed E-state index contributed by atoms with van der Waals surface area (Å²) in [4.78, 5) is 19.9. The van der Waals surface area contributed by atoms with Crippen molar-refractivity contribution in [3.63, 3.8) is 0 Å². The smallest absolute Gasteiger partial charge is 0.306 e. The molecule has 1 rings (SSSR count). The zero-order valence-electron chi connectivity index (χ0n) is 5.28. The summed E-state index contributed by atoms with van der Waals surface area (Å²) in [7, 11) is 0. The van der Waals surface area contributed by atoms with Crippen molar-refractivity contribution in [2.45, 2.75) is 6.42 Å². The van der Waals surface area contributed by atoms with E-state index < -0.39 is 4.92 Å². The molecule has 56 valence electrons. The van der Waals surface area contributed by atoms with Crippen molar-refractivity contribution in [2.24, 2.45) is 5.92 Å². The number of nitro groups is 1. The fraction of sp³-hybridized carbons (Fsp3) is 0.800. The number of carbonyl (C=O) groups is 1. The van der Waals surface area contributed by atoms with Crippen LogP contribution in [0.4, 0.5) is 0 Å². The Morgan fingerprint density at radius 1 is 1.80 bits per heavy atom. The van der Waals surface area contributed by atoms with Gasteiger partial charge in [0.15, 0.2) is 0 Å². The zero-order valence-corrected chi connectivity index (χ0v) is 5.28. The van der Waals surface area contributed by atoms with Gasteiger partial charge in [0.05, 0.1) is 12.3 Å². The van der Waals surface area contributed by atoms with Crippen LogP contribution in [0.1, 0.15) is 6.42 Å². The van der Waals surface area contributed by atoms with Gasteiger partial charge in [-0.25, -0.2) is 0 Å². The lowest BCUT2D eigenvalue weighted by Gasteiger charge is -1.95. The molecule has 1 atom stereocenters. The van der Waals surface area contributed by atoms with Crippen molar-refractivity contribution in [1.82, 2.24) is 0 Å². The summed E-state index contributed by atoms with van der Waals surface area (Å²) in [6.45, 7) is 0.0472. The highest BCUT2D eigenvalue weighted by atomic mass is 16.6. The zero-order chi connectivity index (χ0) is 7.56. The van der Waals surface area contributed by atoms with Gasteiger partial charge >= 0.3 is 5.97 Å². The van der Waals surface area contributed by atoms with Gasteiger partial charge in [-0.1, -0.05) is 0 Å². The summed E-state index contributed by atoms with van der Waals surface area (Å²) >= 11 is 0. The van der Waals surface area contributed by atoms with E-state index in [2.05, 4.69) is 4.74 Å². The molecule has 1 heterocycles. The number of cyclic esters (lactones) is 1. The number of hydrogen-bond acceptors (Lipinski definition) is 4. The highest BCUT2D eigenvalue weighted by Gasteiger charge is 2.27. The Labute approximate surface area is 57.1 Å². The standard InChI is InChI=1S/C5H7NO4/c7-5-1-4(3-10-5)2-6(8)9/h4H,1-3H2. The first-order valence-corrected chi connectivity index (χ1v) is 2.96. The van der Waals surface area contributed by atoms with Crippen molar-refractivity contribution in [1.29, 1.82) is 0 Å². The quantitative estimate of drug-likeness (QED) is 0.307. The van der Waals surface area contributed by atoms with Crippen LogP contribution in [0.15, 0.2) is 0 Å². The first-order chi connectivity index (χ1) is 4.68. The Hall–Kier alpha value is -1.13. The molecule has 0 amide bonds. The molecule has 0 aliphatic carbocycles. The summed E-state index contributed by atoms with van der Waals surface area (Å²) in [5.41, 5.74) is 0. The molecular weight excluding hydrogens is 138 g/mol. The van der Waals surface area contributed by atoms with Crippen LogP contribution < -0.4 is 0 Å². The van der Waals surface area contributed by atoms with Gasteiger partial charge in [0.25, 0.3) is 0 Å². The van der Waals surface area contributed by atoms with Crippen LogP contribution in [0.3, 0.4) is 0 Å². The van der Waals surface area contributed by atoms with Gasteiger partial charge in [0, 0.05) is 4.92 Å². The first-order valence-electron chi connectivity index (χ1n) is 2.96. The maximum Gasteiger partial charge on any atom is 0.306 e. The van der Waals surface area contributed by atoms with Crippen LogP contribution in [0, 0.1) is 16.0 Å². The van der Waals surface area contributed by atoms with Crippen LogP contribution in [0.2, 0.25) is 0 Å². The van der Waals surface area contributed by atoms with Crippen molar-refractivity contribution in [3.05, 3.63) is 10.1 Å². The average molecular weight is 145 g/mol. The van der Waals surface area contributed by atoms with Gasteiger partial charge in [0.1, 0.15) is 6.61 Å². The average Bonchev–Trinajstić information content (AvgIpc) is 2.13. The van der Waals surface area contributed by atoms with Crippen LogP contribution in [-0.2, 0) is 9.53 Å². The van der Waals surface area contributed by atoms with Gasteiger partial charge in [-0.05, 0) is 0 Å². The third kappa shape index (κ3) is 1.68. The van der Waals surface area contributed by atoms with E-state index in [1.54, 1.807) is 0 Å². The Kier molecular flexibility index (Phi) is 1.84. The number of nitrogens with zero attached hydrogens (tertiary/aromatic N) is 1. The van der Waals surface area contributed by atoms with Gasteiger partial charge < -0.3 is 4.74 Å². The van der Waals surface area contributed by atoms with E-state index in [1.165, 1.54) is 0 Å². The lowest BCUT2D eigenvalue weighted by Crippen LogP contribution is -2.13. The molecule has 0 N–H and O–H groups in total. The highest BCUT2D eigenvalue weighted by Crippen LogP contribution is 2.13. The molecule has 0 radical (unpaired) electrons.